The van der Waals surface area contributed by atoms with E-state index in [0.717, 1.165) is 0 Å². The van der Waals surface area contributed by atoms with Gasteiger partial charge in [-0.05, 0) is 6.07 Å². The number of hydrogen-bond acceptors (Lipinski definition) is 4. The number of aromatic nitrogens is 3. The third kappa shape index (κ3) is 2.30. The van der Waals surface area contributed by atoms with E-state index in [1.54, 1.807) is 38.4 Å². The average Bonchev–Trinajstić information content (AvgIpc) is 2.87. The zero-order valence-electron chi connectivity index (χ0n) is 10.5. The van der Waals surface area contributed by atoms with E-state index in [0.29, 0.717) is 11.1 Å². The van der Waals surface area contributed by atoms with Crippen LogP contribution in [-0.2, 0) is 0 Å². The van der Waals surface area contributed by atoms with Gasteiger partial charge in [0.05, 0.1) is 0 Å². The summed E-state index contributed by atoms with van der Waals surface area (Å²) in [6.45, 7) is 0. The van der Waals surface area contributed by atoms with Gasteiger partial charge in [0.25, 0.3) is 11.8 Å². The van der Waals surface area contributed by atoms with E-state index in [4.69, 9.17) is 5.73 Å². The van der Waals surface area contributed by atoms with Crippen molar-refractivity contribution in [3.8, 4) is 11.3 Å². The Kier molecular flexibility index (Phi) is 3.28. The summed E-state index contributed by atoms with van der Waals surface area (Å²) >= 11 is 0. The van der Waals surface area contributed by atoms with Crippen molar-refractivity contribution in [3.63, 3.8) is 0 Å². The number of primary amides is 1. The van der Waals surface area contributed by atoms with Crippen LogP contribution in [0.4, 0.5) is 0 Å². The maximum atomic E-state index is 12.1. The number of nitrogens with one attached hydrogen (secondary N) is 1. The van der Waals surface area contributed by atoms with Gasteiger partial charge >= 0.3 is 0 Å². The molecule has 1 aromatic heterocycles. The van der Waals surface area contributed by atoms with E-state index < -0.39 is 5.91 Å². The number of nitrogens with zero attached hydrogens (tertiary/aromatic N) is 3. The number of aromatic amines is 1. The highest BCUT2D eigenvalue weighted by Crippen LogP contribution is 2.24. The van der Waals surface area contributed by atoms with Gasteiger partial charge in [0.15, 0.2) is 5.69 Å². The van der Waals surface area contributed by atoms with Crippen molar-refractivity contribution in [2.75, 3.05) is 14.1 Å². The number of rotatable bonds is 3. The largest absolute Gasteiger partial charge is 0.364 e. The molecule has 0 aliphatic heterocycles. The van der Waals surface area contributed by atoms with Gasteiger partial charge in [-0.3, -0.25) is 9.59 Å². The molecule has 0 aliphatic rings. The first-order valence-electron chi connectivity index (χ1n) is 5.54. The number of hydrogen-bond donors (Lipinski definition) is 2. The second-order valence-corrected chi connectivity index (χ2v) is 4.13. The van der Waals surface area contributed by atoms with Crippen LogP contribution in [-0.4, -0.2) is 46.2 Å². The molecule has 3 N–H and O–H groups in total. The first-order valence-corrected chi connectivity index (χ1v) is 5.54. The van der Waals surface area contributed by atoms with Crippen LogP contribution in [0.25, 0.3) is 11.3 Å². The predicted molar refractivity (Wildman–Crippen MR) is 68.4 cm³/mol. The van der Waals surface area contributed by atoms with E-state index in [2.05, 4.69) is 15.4 Å². The second-order valence-electron chi connectivity index (χ2n) is 4.13. The van der Waals surface area contributed by atoms with Crippen LogP contribution in [0.1, 0.15) is 20.8 Å². The molecule has 2 amide bonds. The lowest BCUT2D eigenvalue weighted by Gasteiger charge is -2.13. The molecule has 0 spiro atoms. The van der Waals surface area contributed by atoms with Gasteiger partial charge in [0.2, 0.25) is 0 Å². The van der Waals surface area contributed by atoms with E-state index in [9.17, 15) is 9.59 Å². The predicted octanol–water partition coefficient (Wildman–Crippen LogP) is 0.272. The summed E-state index contributed by atoms with van der Waals surface area (Å²) in [5.74, 6) is -0.884. The van der Waals surface area contributed by atoms with Crippen molar-refractivity contribution in [2.45, 2.75) is 0 Å². The lowest BCUT2D eigenvalue weighted by atomic mass is 10.0. The van der Waals surface area contributed by atoms with Crippen LogP contribution in [0.5, 0.6) is 0 Å². The van der Waals surface area contributed by atoms with Crippen molar-refractivity contribution in [3.05, 3.63) is 35.5 Å². The molecule has 1 heterocycles. The molecular formula is C12H13N5O2. The topological polar surface area (TPSA) is 105 Å². The number of amides is 2. The molecule has 0 atom stereocenters. The van der Waals surface area contributed by atoms with E-state index >= 15 is 0 Å². The van der Waals surface area contributed by atoms with E-state index in [1.807, 2.05) is 0 Å². The van der Waals surface area contributed by atoms with Crippen molar-refractivity contribution < 1.29 is 9.59 Å². The smallest absolute Gasteiger partial charge is 0.271 e. The van der Waals surface area contributed by atoms with Crippen molar-refractivity contribution >= 4 is 11.8 Å². The standard InChI is InChI=1S/C12H13N5O2/c1-17(2)12(19)8-6-4-3-5-7(8)9-10(11(13)18)15-16-14-9/h3-6H,1-2H3,(H2,13,18)(H,14,15,16). The van der Waals surface area contributed by atoms with Gasteiger partial charge in [0.1, 0.15) is 5.69 Å². The Balaban J connectivity index is 2.60. The maximum Gasteiger partial charge on any atom is 0.271 e. The fourth-order valence-corrected chi connectivity index (χ4v) is 1.71. The molecule has 0 bridgehead atoms. The number of benzene rings is 1. The van der Waals surface area contributed by atoms with Gasteiger partial charge in [-0.2, -0.15) is 15.4 Å². The molecule has 0 saturated heterocycles. The number of carbonyl (C=O) groups excluding carboxylic acids is 2. The Morgan fingerprint density at radius 2 is 1.89 bits per heavy atom. The fourth-order valence-electron chi connectivity index (χ4n) is 1.71. The van der Waals surface area contributed by atoms with Crippen LogP contribution in [0, 0.1) is 0 Å². The Morgan fingerprint density at radius 1 is 1.21 bits per heavy atom. The minimum Gasteiger partial charge on any atom is -0.364 e. The molecule has 0 unspecified atom stereocenters. The quantitative estimate of drug-likeness (QED) is 0.825. The van der Waals surface area contributed by atoms with Crippen LogP contribution in [0.15, 0.2) is 24.3 Å². The molecular weight excluding hydrogens is 246 g/mol. The molecule has 98 valence electrons. The Hall–Kier alpha value is -2.70. The van der Waals surface area contributed by atoms with E-state index in [-0.39, 0.29) is 17.3 Å². The lowest BCUT2D eigenvalue weighted by molar-refractivity contribution is 0.0828. The molecule has 1 aromatic carbocycles. The summed E-state index contributed by atoms with van der Waals surface area (Å²) < 4.78 is 0. The monoisotopic (exact) mass is 259 g/mol. The van der Waals surface area contributed by atoms with Crippen LogP contribution in [0.3, 0.4) is 0 Å². The highest BCUT2D eigenvalue weighted by Gasteiger charge is 2.21. The van der Waals surface area contributed by atoms with Crippen LogP contribution < -0.4 is 5.73 Å². The molecule has 19 heavy (non-hydrogen) atoms. The lowest BCUT2D eigenvalue weighted by Crippen LogP contribution is -2.22. The second kappa shape index (κ2) is 4.89. The van der Waals surface area contributed by atoms with Gasteiger partial charge in [0, 0.05) is 25.2 Å². The zero-order valence-corrected chi connectivity index (χ0v) is 10.5. The summed E-state index contributed by atoms with van der Waals surface area (Å²) in [4.78, 5) is 24.8. The van der Waals surface area contributed by atoms with Crippen molar-refractivity contribution in [2.24, 2.45) is 5.73 Å². The van der Waals surface area contributed by atoms with Gasteiger partial charge in [-0.25, -0.2) is 0 Å². The summed E-state index contributed by atoms with van der Waals surface area (Å²) in [6.07, 6.45) is 0. The molecule has 7 nitrogen and oxygen atoms in total. The molecule has 0 fully saturated rings. The fraction of sp³-hybridized carbons (Fsp3) is 0.167. The zero-order chi connectivity index (χ0) is 14.0. The Labute approximate surface area is 109 Å². The minimum absolute atomic E-state index is 0.0130. The van der Waals surface area contributed by atoms with E-state index in [1.165, 1.54) is 4.90 Å². The SMILES string of the molecule is CN(C)C(=O)c1ccccc1-c1n[nH]nc1C(N)=O. The van der Waals surface area contributed by atoms with Crippen molar-refractivity contribution in [1.82, 2.24) is 20.3 Å². The Morgan fingerprint density at radius 3 is 2.53 bits per heavy atom. The Bertz CT molecular complexity index is 633. The molecule has 0 saturated carbocycles. The normalized spacial score (nSPS) is 10.2. The third-order valence-corrected chi connectivity index (χ3v) is 2.60. The highest BCUT2D eigenvalue weighted by atomic mass is 16.2. The molecule has 7 heteroatoms. The highest BCUT2D eigenvalue weighted by molar-refractivity contribution is 6.03. The number of carbonyl (C=O) groups is 2. The first kappa shape index (κ1) is 12.7. The number of H-pyrrole nitrogens is 1. The maximum absolute atomic E-state index is 12.1. The average molecular weight is 259 g/mol. The molecule has 2 aromatic rings. The van der Waals surface area contributed by atoms with Gasteiger partial charge in [-0.15, -0.1) is 0 Å². The van der Waals surface area contributed by atoms with Crippen LogP contribution in [0.2, 0.25) is 0 Å². The summed E-state index contributed by atoms with van der Waals surface area (Å²) in [7, 11) is 3.30. The van der Waals surface area contributed by atoms with Crippen molar-refractivity contribution in [1.29, 1.82) is 0 Å². The molecule has 0 aliphatic carbocycles. The number of nitrogens with two attached hydrogens (primary N) is 1. The third-order valence-electron chi connectivity index (χ3n) is 2.60. The minimum atomic E-state index is -0.698. The summed E-state index contributed by atoms with van der Waals surface area (Å²) in [5, 5.41) is 9.95. The van der Waals surface area contributed by atoms with Crippen LogP contribution >= 0.6 is 0 Å². The van der Waals surface area contributed by atoms with Gasteiger partial charge < -0.3 is 10.6 Å². The first-order chi connectivity index (χ1) is 9.02. The van der Waals surface area contributed by atoms with Gasteiger partial charge in [-0.1, -0.05) is 18.2 Å². The molecule has 0 radical (unpaired) electrons. The summed E-state index contributed by atoms with van der Waals surface area (Å²) in [5.41, 5.74) is 6.47. The summed E-state index contributed by atoms with van der Waals surface area (Å²) in [6, 6.07) is 6.85. The molecule has 2 rings (SSSR count).